The number of halogens is 1. The first kappa shape index (κ1) is 19.5. The Hall–Kier alpha value is -3.16. The maximum absolute atomic E-state index is 3.78. The maximum atomic E-state index is 3.78. The summed E-state index contributed by atoms with van der Waals surface area (Å²) in [7, 11) is 0. The van der Waals surface area contributed by atoms with E-state index < -0.39 is 0 Å². The van der Waals surface area contributed by atoms with E-state index in [9.17, 15) is 0 Å². The van der Waals surface area contributed by atoms with E-state index in [0.717, 1.165) is 4.47 Å². The summed E-state index contributed by atoms with van der Waals surface area (Å²) in [6, 6.07) is 38.4. The summed E-state index contributed by atoms with van der Waals surface area (Å²) in [4.78, 5) is 0. The summed E-state index contributed by atoms with van der Waals surface area (Å²) in [5.74, 6) is 0. The van der Waals surface area contributed by atoms with Crippen molar-refractivity contribution < 1.29 is 0 Å². The van der Waals surface area contributed by atoms with Crippen molar-refractivity contribution in [2.24, 2.45) is 0 Å². The molecule has 0 saturated heterocycles. The van der Waals surface area contributed by atoms with E-state index in [0.29, 0.717) is 0 Å². The first-order valence-electron chi connectivity index (χ1n) is 11.1. The van der Waals surface area contributed by atoms with Gasteiger partial charge in [-0.25, -0.2) is 0 Å². The van der Waals surface area contributed by atoms with Crippen molar-refractivity contribution >= 4 is 26.7 Å². The molecule has 0 fully saturated rings. The largest absolute Gasteiger partial charge is 0.0714 e. The van der Waals surface area contributed by atoms with Crippen molar-refractivity contribution in [3.63, 3.8) is 0 Å². The van der Waals surface area contributed by atoms with E-state index >= 15 is 0 Å². The van der Waals surface area contributed by atoms with Gasteiger partial charge in [-0.15, -0.1) is 0 Å². The first-order chi connectivity index (χ1) is 15.6. The predicted molar refractivity (Wildman–Crippen MR) is 138 cm³/mol. The van der Waals surface area contributed by atoms with Crippen molar-refractivity contribution in [2.75, 3.05) is 0 Å². The summed E-state index contributed by atoms with van der Waals surface area (Å²) < 4.78 is 1.11. The second kappa shape index (κ2) is 7.18. The lowest BCUT2D eigenvalue weighted by Crippen LogP contribution is -2.28. The van der Waals surface area contributed by atoms with Gasteiger partial charge in [-0.05, 0) is 70.1 Å². The van der Waals surface area contributed by atoms with Crippen LogP contribution < -0.4 is 0 Å². The Kier molecular flexibility index (Phi) is 4.38. The Morgan fingerprint density at radius 3 is 1.88 bits per heavy atom. The third-order valence-electron chi connectivity index (χ3n) is 6.96. The summed E-state index contributed by atoms with van der Waals surface area (Å²) in [5, 5.41) is 2.60. The second-order valence-corrected chi connectivity index (χ2v) is 9.80. The minimum Gasteiger partial charge on any atom is -0.0616 e. The molecular formula is C31H23Br. The summed E-state index contributed by atoms with van der Waals surface area (Å²) in [6.45, 7) is 4.31. The Balaban J connectivity index is 1.83. The van der Waals surface area contributed by atoms with Crippen LogP contribution in [0.2, 0.25) is 0 Å². The zero-order valence-corrected chi connectivity index (χ0v) is 19.8. The van der Waals surface area contributed by atoms with E-state index in [1.165, 1.54) is 55.3 Å². The molecule has 0 aromatic heterocycles. The normalized spacial score (nSPS) is 13.7. The highest BCUT2D eigenvalue weighted by Gasteiger charge is 2.46. The Labute approximate surface area is 197 Å². The number of hydrogen-bond donors (Lipinski definition) is 0. The third kappa shape index (κ3) is 2.68. The fraction of sp³-hybridized carbons (Fsp3) is 0.0968. The molecule has 154 valence electrons. The minimum atomic E-state index is -0.361. The van der Waals surface area contributed by atoms with Crippen LogP contribution in [-0.4, -0.2) is 0 Å². The van der Waals surface area contributed by atoms with E-state index in [1.807, 2.05) is 0 Å². The monoisotopic (exact) mass is 474 g/mol. The molecule has 0 amide bonds. The fourth-order valence-corrected chi connectivity index (χ4v) is 5.82. The van der Waals surface area contributed by atoms with Crippen LogP contribution in [0.3, 0.4) is 0 Å². The van der Waals surface area contributed by atoms with Gasteiger partial charge >= 0.3 is 0 Å². The molecule has 1 aliphatic carbocycles. The number of benzene rings is 5. The van der Waals surface area contributed by atoms with Crippen LogP contribution in [0, 0.1) is 13.8 Å². The second-order valence-electron chi connectivity index (χ2n) is 8.88. The molecule has 6 rings (SSSR count). The molecular weight excluding hydrogens is 452 g/mol. The Morgan fingerprint density at radius 2 is 1.22 bits per heavy atom. The van der Waals surface area contributed by atoms with E-state index in [-0.39, 0.29) is 5.41 Å². The third-order valence-corrected chi connectivity index (χ3v) is 7.45. The molecule has 5 aromatic rings. The van der Waals surface area contributed by atoms with Gasteiger partial charge in [0.25, 0.3) is 0 Å². The number of fused-ring (bicyclic) bond motifs is 5. The van der Waals surface area contributed by atoms with Gasteiger partial charge in [0.05, 0.1) is 5.41 Å². The lowest BCUT2D eigenvalue weighted by atomic mass is 9.67. The molecule has 0 N–H and O–H groups in total. The van der Waals surface area contributed by atoms with E-state index in [2.05, 4.69) is 133 Å². The topological polar surface area (TPSA) is 0 Å². The minimum absolute atomic E-state index is 0.361. The van der Waals surface area contributed by atoms with Crippen molar-refractivity contribution in [1.82, 2.24) is 0 Å². The summed E-state index contributed by atoms with van der Waals surface area (Å²) >= 11 is 3.78. The van der Waals surface area contributed by atoms with Crippen LogP contribution >= 0.6 is 15.9 Å². The zero-order chi connectivity index (χ0) is 21.9. The quantitative estimate of drug-likeness (QED) is 0.235. The van der Waals surface area contributed by atoms with Gasteiger partial charge < -0.3 is 0 Å². The number of hydrogen-bond acceptors (Lipinski definition) is 0. The van der Waals surface area contributed by atoms with Crippen molar-refractivity contribution in [2.45, 2.75) is 19.3 Å². The van der Waals surface area contributed by atoms with E-state index in [4.69, 9.17) is 0 Å². The predicted octanol–water partition coefficient (Wildman–Crippen LogP) is 8.58. The van der Waals surface area contributed by atoms with Gasteiger partial charge in [0.15, 0.2) is 0 Å². The molecule has 0 saturated carbocycles. The molecule has 0 spiro atoms. The molecule has 0 bridgehead atoms. The van der Waals surface area contributed by atoms with Gasteiger partial charge in [-0.1, -0.05) is 118 Å². The average molecular weight is 475 g/mol. The highest BCUT2D eigenvalue weighted by molar-refractivity contribution is 9.10. The van der Waals surface area contributed by atoms with Gasteiger partial charge in [-0.3, -0.25) is 0 Å². The van der Waals surface area contributed by atoms with Gasteiger partial charge in [0, 0.05) is 4.47 Å². The van der Waals surface area contributed by atoms with Crippen LogP contribution in [0.5, 0.6) is 0 Å². The molecule has 5 aromatic carbocycles. The smallest absolute Gasteiger partial charge is 0.0616 e. The summed E-state index contributed by atoms with van der Waals surface area (Å²) in [6.07, 6.45) is 0. The molecule has 0 unspecified atom stereocenters. The average Bonchev–Trinajstić information content (AvgIpc) is 3.11. The fourth-order valence-electron chi connectivity index (χ4n) is 5.46. The number of rotatable bonds is 2. The molecule has 32 heavy (non-hydrogen) atoms. The maximum Gasteiger partial charge on any atom is 0.0714 e. The standard InChI is InChI=1S/C31H23Br/c1-20-7-12-23(13-8-20)31(24-14-9-21(2)10-15-24)28-18-11-22-5-3-4-6-26(22)30(28)27-17-16-25(32)19-29(27)31/h3-19H,1-2H3. The van der Waals surface area contributed by atoms with Crippen LogP contribution in [0.1, 0.15) is 33.4 Å². The molecule has 1 heteroatoms. The molecule has 0 atom stereocenters. The molecule has 0 radical (unpaired) electrons. The zero-order valence-electron chi connectivity index (χ0n) is 18.2. The van der Waals surface area contributed by atoms with Gasteiger partial charge in [0.2, 0.25) is 0 Å². The molecule has 0 nitrogen and oxygen atoms in total. The van der Waals surface area contributed by atoms with Crippen molar-refractivity contribution in [3.05, 3.63) is 141 Å². The Morgan fingerprint density at radius 1 is 0.594 bits per heavy atom. The summed E-state index contributed by atoms with van der Waals surface area (Å²) in [5.41, 5.74) is 10.2. The Bertz CT molecular complexity index is 1430. The van der Waals surface area contributed by atoms with Crippen LogP contribution in [0.15, 0.2) is 108 Å². The van der Waals surface area contributed by atoms with Crippen molar-refractivity contribution in [1.29, 1.82) is 0 Å². The lowest BCUT2D eigenvalue weighted by molar-refractivity contribution is 0.767. The number of aryl methyl sites for hydroxylation is 2. The van der Waals surface area contributed by atoms with Crippen LogP contribution in [0.25, 0.3) is 21.9 Å². The van der Waals surface area contributed by atoms with Crippen molar-refractivity contribution in [3.8, 4) is 11.1 Å². The molecule has 0 heterocycles. The van der Waals surface area contributed by atoms with Gasteiger partial charge in [-0.2, -0.15) is 0 Å². The molecule has 0 aliphatic heterocycles. The van der Waals surface area contributed by atoms with Crippen LogP contribution in [0.4, 0.5) is 0 Å². The molecule has 1 aliphatic rings. The van der Waals surface area contributed by atoms with Crippen LogP contribution in [-0.2, 0) is 5.41 Å². The first-order valence-corrected chi connectivity index (χ1v) is 11.9. The van der Waals surface area contributed by atoms with Gasteiger partial charge in [0.1, 0.15) is 0 Å². The SMILES string of the molecule is Cc1ccc(C2(c3ccc(C)cc3)c3cc(Br)ccc3-c3c2ccc2ccccc32)cc1. The highest BCUT2D eigenvalue weighted by atomic mass is 79.9. The highest BCUT2D eigenvalue weighted by Crippen LogP contribution is 2.58. The lowest BCUT2D eigenvalue weighted by Gasteiger charge is -2.34. The van der Waals surface area contributed by atoms with E-state index in [1.54, 1.807) is 0 Å².